The Morgan fingerprint density at radius 1 is 1.26 bits per heavy atom. The summed E-state index contributed by atoms with van der Waals surface area (Å²) in [6.45, 7) is 3.88. The largest absolute Gasteiger partial charge is 0.382 e. The lowest BCUT2D eigenvalue weighted by atomic mass is 9.74. The smallest absolute Gasteiger partial charge is 0.149 e. The van der Waals surface area contributed by atoms with Gasteiger partial charge in [-0.05, 0) is 38.3 Å². The number of nitrogen functional groups attached to an aromatic ring is 1. The van der Waals surface area contributed by atoms with Crippen LogP contribution < -0.4 is 5.73 Å². The van der Waals surface area contributed by atoms with Gasteiger partial charge >= 0.3 is 0 Å². The maximum Gasteiger partial charge on any atom is 0.149 e. The number of fused-ring (bicyclic) bond motifs is 1. The van der Waals surface area contributed by atoms with Gasteiger partial charge in [0.1, 0.15) is 17.2 Å². The minimum atomic E-state index is 0.567. The van der Waals surface area contributed by atoms with Gasteiger partial charge in [-0.15, -0.1) is 0 Å². The van der Waals surface area contributed by atoms with Gasteiger partial charge in [-0.3, -0.25) is 4.40 Å². The normalized spacial score (nSPS) is 27.2. The van der Waals surface area contributed by atoms with Gasteiger partial charge in [0.25, 0.3) is 0 Å². The SMILES string of the molecule is Nc1nccn2c(C3CC(CN4CCC4)C3)ncc12. The predicted octanol–water partition coefficient (Wildman–Crippen LogP) is 1.51. The van der Waals surface area contributed by atoms with Crippen molar-refractivity contribution in [2.75, 3.05) is 25.4 Å². The van der Waals surface area contributed by atoms with Crippen LogP contribution in [0.15, 0.2) is 18.6 Å². The van der Waals surface area contributed by atoms with Crippen LogP contribution in [0.5, 0.6) is 0 Å². The Bertz CT molecular complexity index is 595. The maximum absolute atomic E-state index is 5.87. The highest BCUT2D eigenvalue weighted by atomic mass is 15.2. The highest BCUT2D eigenvalue weighted by Crippen LogP contribution is 2.42. The van der Waals surface area contributed by atoms with E-state index in [0.29, 0.717) is 11.7 Å². The summed E-state index contributed by atoms with van der Waals surface area (Å²) in [7, 11) is 0. The monoisotopic (exact) mass is 257 g/mol. The van der Waals surface area contributed by atoms with Crippen LogP contribution in [-0.2, 0) is 0 Å². The molecule has 2 aromatic rings. The fourth-order valence-electron chi connectivity index (χ4n) is 3.29. The highest BCUT2D eigenvalue weighted by Gasteiger charge is 2.34. The van der Waals surface area contributed by atoms with Crippen LogP contribution in [0, 0.1) is 5.92 Å². The first-order valence-electron chi connectivity index (χ1n) is 7.11. The third kappa shape index (κ3) is 1.80. The first-order valence-corrected chi connectivity index (χ1v) is 7.11. The topological polar surface area (TPSA) is 59.4 Å². The summed E-state index contributed by atoms with van der Waals surface area (Å²) in [5, 5.41) is 0. The van der Waals surface area contributed by atoms with E-state index < -0.39 is 0 Å². The maximum atomic E-state index is 5.87. The fraction of sp³-hybridized carbons (Fsp3) is 0.571. The van der Waals surface area contributed by atoms with Crippen molar-refractivity contribution in [2.24, 2.45) is 5.92 Å². The Labute approximate surface area is 112 Å². The molecule has 1 aliphatic heterocycles. The number of aromatic nitrogens is 3. The molecule has 0 unspecified atom stereocenters. The number of anilines is 1. The summed E-state index contributed by atoms with van der Waals surface area (Å²) < 4.78 is 2.10. The summed E-state index contributed by atoms with van der Waals surface area (Å²) in [4.78, 5) is 11.2. The van der Waals surface area contributed by atoms with Gasteiger partial charge in [0.05, 0.1) is 6.20 Å². The van der Waals surface area contributed by atoms with Crippen molar-refractivity contribution < 1.29 is 0 Å². The van der Waals surface area contributed by atoms with Crippen molar-refractivity contribution in [3.8, 4) is 0 Å². The number of rotatable bonds is 3. The fourth-order valence-corrected chi connectivity index (χ4v) is 3.29. The second-order valence-corrected chi connectivity index (χ2v) is 5.87. The van der Waals surface area contributed by atoms with Gasteiger partial charge in [0, 0.05) is 24.9 Å². The van der Waals surface area contributed by atoms with Crippen LogP contribution in [0.3, 0.4) is 0 Å². The summed E-state index contributed by atoms with van der Waals surface area (Å²) in [5.74, 6) is 3.18. The summed E-state index contributed by atoms with van der Waals surface area (Å²) in [6.07, 6.45) is 9.48. The molecule has 19 heavy (non-hydrogen) atoms. The molecule has 1 saturated carbocycles. The lowest BCUT2D eigenvalue weighted by molar-refractivity contribution is 0.107. The van der Waals surface area contributed by atoms with Gasteiger partial charge < -0.3 is 10.6 Å². The molecule has 2 aliphatic rings. The van der Waals surface area contributed by atoms with Crippen molar-refractivity contribution in [1.82, 2.24) is 19.3 Å². The quantitative estimate of drug-likeness (QED) is 0.905. The Morgan fingerprint density at radius 2 is 2.11 bits per heavy atom. The molecule has 0 atom stereocenters. The molecule has 5 nitrogen and oxygen atoms in total. The molecular formula is C14H19N5. The molecule has 0 radical (unpaired) electrons. The van der Waals surface area contributed by atoms with Gasteiger partial charge in [-0.1, -0.05) is 0 Å². The summed E-state index contributed by atoms with van der Waals surface area (Å²) >= 11 is 0. The van der Waals surface area contributed by atoms with E-state index >= 15 is 0 Å². The van der Waals surface area contributed by atoms with E-state index in [9.17, 15) is 0 Å². The molecule has 0 bridgehead atoms. The first kappa shape index (κ1) is 11.2. The first-order chi connectivity index (χ1) is 9.31. The molecule has 0 amide bonds. The number of nitrogens with zero attached hydrogens (tertiary/aromatic N) is 4. The van der Waals surface area contributed by atoms with E-state index in [1.165, 1.54) is 38.9 Å². The minimum absolute atomic E-state index is 0.567. The number of imidazole rings is 1. The van der Waals surface area contributed by atoms with E-state index in [4.69, 9.17) is 5.73 Å². The number of likely N-dealkylation sites (tertiary alicyclic amines) is 1. The Hall–Kier alpha value is -1.62. The lowest BCUT2D eigenvalue weighted by Gasteiger charge is -2.41. The summed E-state index contributed by atoms with van der Waals surface area (Å²) in [5.41, 5.74) is 6.80. The minimum Gasteiger partial charge on any atom is -0.382 e. The highest BCUT2D eigenvalue weighted by molar-refractivity contribution is 5.64. The van der Waals surface area contributed by atoms with E-state index in [0.717, 1.165) is 17.3 Å². The number of hydrogen-bond donors (Lipinski definition) is 1. The Kier molecular flexibility index (Phi) is 2.48. The molecule has 100 valence electrons. The molecule has 2 N–H and O–H groups in total. The lowest BCUT2D eigenvalue weighted by Crippen LogP contribution is -2.43. The number of hydrogen-bond acceptors (Lipinski definition) is 4. The third-order valence-corrected chi connectivity index (χ3v) is 4.58. The van der Waals surface area contributed by atoms with Gasteiger partial charge in [0.15, 0.2) is 0 Å². The second kappa shape index (κ2) is 4.20. The van der Waals surface area contributed by atoms with Gasteiger partial charge in [-0.25, -0.2) is 9.97 Å². The van der Waals surface area contributed by atoms with Gasteiger partial charge in [0.2, 0.25) is 0 Å². The van der Waals surface area contributed by atoms with Crippen LogP contribution in [0.25, 0.3) is 5.52 Å². The van der Waals surface area contributed by atoms with Crippen LogP contribution in [-0.4, -0.2) is 38.9 Å². The second-order valence-electron chi connectivity index (χ2n) is 5.87. The summed E-state index contributed by atoms with van der Waals surface area (Å²) in [6, 6.07) is 0. The molecule has 1 saturated heterocycles. The molecule has 2 fully saturated rings. The van der Waals surface area contributed by atoms with E-state index in [2.05, 4.69) is 19.3 Å². The molecule has 1 aliphatic carbocycles. The van der Waals surface area contributed by atoms with E-state index in [1.807, 2.05) is 12.4 Å². The molecule has 0 spiro atoms. The van der Waals surface area contributed by atoms with E-state index in [1.54, 1.807) is 6.20 Å². The molecule has 2 aromatic heterocycles. The van der Waals surface area contributed by atoms with Crippen LogP contribution >= 0.6 is 0 Å². The van der Waals surface area contributed by atoms with Crippen LogP contribution in [0.2, 0.25) is 0 Å². The van der Waals surface area contributed by atoms with Crippen molar-refractivity contribution >= 4 is 11.3 Å². The predicted molar refractivity (Wildman–Crippen MR) is 73.9 cm³/mol. The zero-order chi connectivity index (χ0) is 12.8. The third-order valence-electron chi connectivity index (χ3n) is 4.58. The molecular weight excluding hydrogens is 238 g/mol. The zero-order valence-electron chi connectivity index (χ0n) is 11.0. The van der Waals surface area contributed by atoms with Crippen molar-refractivity contribution in [1.29, 1.82) is 0 Å². The average Bonchev–Trinajstić information content (AvgIpc) is 2.70. The van der Waals surface area contributed by atoms with Crippen LogP contribution in [0.1, 0.15) is 31.0 Å². The molecule has 5 heteroatoms. The molecule has 4 rings (SSSR count). The van der Waals surface area contributed by atoms with Crippen molar-refractivity contribution in [3.05, 3.63) is 24.4 Å². The molecule has 3 heterocycles. The van der Waals surface area contributed by atoms with E-state index in [-0.39, 0.29) is 0 Å². The zero-order valence-corrected chi connectivity index (χ0v) is 11.0. The Balaban J connectivity index is 1.49. The van der Waals surface area contributed by atoms with Crippen molar-refractivity contribution in [3.63, 3.8) is 0 Å². The van der Waals surface area contributed by atoms with Crippen molar-refractivity contribution in [2.45, 2.75) is 25.2 Å². The molecule has 0 aromatic carbocycles. The standard InChI is InChI=1S/C14H19N5/c15-13-12-8-17-14(19(12)5-2-16-13)11-6-10(7-11)9-18-3-1-4-18/h2,5,8,10-11H,1,3-4,6-7,9H2,(H2,15,16). The van der Waals surface area contributed by atoms with Crippen LogP contribution in [0.4, 0.5) is 5.82 Å². The number of nitrogens with two attached hydrogens (primary N) is 1. The average molecular weight is 257 g/mol. The Morgan fingerprint density at radius 3 is 2.84 bits per heavy atom. The van der Waals surface area contributed by atoms with Gasteiger partial charge in [-0.2, -0.15) is 0 Å².